The number of methoxy groups -OCH3 is 2. The Morgan fingerprint density at radius 1 is 0.897 bits per heavy atom. The highest BCUT2D eigenvalue weighted by molar-refractivity contribution is 6.46. The van der Waals surface area contributed by atoms with Crippen LogP contribution in [0.5, 0.6) is 17.2 Å². The maximum atomic E-state index is 13.4. The topological polar surface area (TPSA) is 85.3 Å². The smallest absolute Gasteiger partial charge is 0.295 e. The van der Waals surface area contributed by atoms with E-state index in [-0.39, 0.29) is 11.3 Å². The van der Waals surface area contributed by atoms with E-state index in [2.05, 4.69) is 6.92 Å². The first-order valence-corrected chi connectivity index (χ1v) is 13.3. The summed E-state index contributed by atoms with van der Waals surface area (Å²) in [6.45, 7) is 3.00. The Bertz CT molecular complexity index is 1330. The van der Waals surface area contributed by atoms with Crippen molar-refractivity contribution in [1.82, 2.24) is 4.90 Å². The second-order valence-corrected chi connectivity index (χ2v) is 9.43. The van der Waals surface area contributed by atoms with E-state index in [9.17, 15) is 14.7 Å². The number of ketones is 1. The molecule has 0 aromatic heterocycles. The average molecular weight is 530 g/mol. The van der Waals surface area contributed by atoms with E-state index in [1.54, 1.807) is 43.5 Å². The van der Waals surface area contributed by atoms with Crippen LogP contribution in [0.3, 0.4) is 0 Å². The minimum absolute atomic E-state index is 0.0278. The average Bonchev–Trinajstić information content (AvgIpc) is 3.23. The highest BCUT2D eigenvalue weighted by Crippen LogP contribution is 2.42. The standard InChI is InChI=1S/C32H35NO6/c1-4-5-9-19-39-26-16-15-23(21-27(26)38-3)29-28(30(34)24-13-10-14-25(20-24)37-2)31(35)32(36)33(29)18-17-22-11-7-6-8-12-22/h6-8,10-16,20-21,29,34H,4-5,9,17-19H2,1-3H3. The zero-order valence-electron chi connectivity index (χ0n) is 22.7. The van der Waals surface area contributed by atoms with Crippen LogP contribution >= 0.6 is 0 Å². The summed E-state index contributed by atoms with van der Waals surface area (Å²) in [7, 11) is 3.08. The molecule has 3 aromatic carbocycles. The number of hydrogen-bond donors (Lipinski definition) is 1. The van der Waals surface area contributed by atoms with Crippen molar-refractivity contribution in [3.8, 4) is 17.2 Å². The molecule has 1 N–H and O–H groups in total. The van der Waals surface area contributed by atoms with Gasteiger partial charge in [0.2, 0.25) is 0 Å². The summed E-state index contributed by atoms with van der Waals surface area (Å²) >= 11 is 0. The van der Waals surface area contributed by atoms with Gasteiger partial charge in [0.25, 0.3) is 11.7 Å². The second-order valence-electron chi connectivity index (χ2n) is 9.43. The number of benzene rings is 3. The normalized spacial score (nSPS) is 16.4. The lowest BCUT2D eigenvalue weighted by molar-refractivity contribution is -0.139. The van der Waals surface area contributed by atoms with E-state index in [4.69, 9.17) is 14.2 Å². The highest BCUT2D eigenvalue weighted by Gasteiger charge is 2.46. The molecule has 1 saturated heterocycles. The minimum atomic E-state index is -0.803. The number of carbonyl (C=O) groups is 2. The SMILES string of the molecule is CCCCCOc1ccc(C2C(=C(O)c3cccc(OC)c3)C(=O)C(=O)N2CCc2ccccc2)cc1OC. The van der Waals surface area contributed by atoms with Gasteiger partial charge in [0.05, 0.1) is 32.4 Å². The number of aliphatic hydroxyl groups excluding tert-OH is 1. The van der Waals surface area contributed by atoms with Crippen LogP contribution in [0.1, 0.15) is 48.9 Å². The zero-order chi connectivity index (χ0) is 27.8. The fourth-order valence-corrected chi connectivity index (χ4v) is 4.78. The quantitative estimate of drug-likeness (QED) is 0.135. The first-order chi connectivity index (χ1) is 19.0. The molecule has 1 amide bonds. The van der Waals surface area contributed by atoms with Gasteiger partial charge in [0.15, 0.2) is 11.5 Å². The fraction of sp³-hybridized carbons (Fsp3) is 0.312. The van der Waals surface area contributed by atoms with Crippen LogP contribution in [-0.2, 0) is 16.0 Å². The number of hydrogen-bond acceptors (Lipinski definition) is 6. The van der Waals surface area contributed by atoms with Crippen LogP contribution in [-0.4, -0.2) is 49.1 Å². The maximum Gasteiger partial charge on any atom is 0.295 e. The molecule has 0 saturated carbocycles. The van der Waals surface area contributed by atoms with Gasteiger partial charge < -0.3 is 24.2 Å². The Morgan fingerprint density at radius 2 is 1.69 bits per heavy atom. The van der Waals surface area contributed by atoms with Gasteiger partial charge in [-0.15, -0.1) is 0 Å². The van der Waals surface area contributed by atoms with E-state index in [1.165, 1.54) is 12.0 Å². The largest absolute Gasteiger partial charge is 0.507 e. The highest BCUT2D eigenvalue weighted by atomic mass is 16.5. The van der Waals surface area contributed by atoms with Gasteiger partial charge in [0, 0.05) is 12.1 Å². The van der Waals surface area contributed by atoms with E-state index in [0.29, 0.717) is 47.9 Å². The second kappa shape index (κ2) is 13.0. The summed E-state index contributed by atoms with van der Waals surface area (Å²) in [6.07, 6.45) is 3.65. The lowest BCUT2D eigenvalue weighted by Gasteiger charge is -2.26. The summed E-state index contributed by atoms with van der Waals surface area (Å²) < 4.78 is 16.9. The van der Waals surface area contributed by atoms with E-state index < -0.39 is 17.7 Å². The third kappa shape index (κ3) is 6.25. The molecule has 0 aliphatic carbocycles. The molecule has 0 spiro atoms. The van der Waals surface area contributed by atoms with Crippen molar-refractivity contribution in [2.24, 2.45) is 0 Å². The molecule has 7 heteroatoms. The number of likely N-dealkylation sites (tertiary alicyclic amines) is 1. The monoisotopic (exact) mass is 529 g/mol. The molecule has 1 aliphatic rings. The van der Waals surface area contributed by atoms with E-state index >= 15 is 0 Å². The van der Waals surface area contributed by atoms with Crippen LogP contribution in [0.15, 0.2) is 78.4 Å². The summed E-state index contributed by atoms with van der Waals surface area (Å²) in [5.74, 6) is -0.0182. The first kappa shape index (κ1) is 27.8. The van der Waals surface area contributed by atoms with Crippen LogP contribution in [0.2, 0.25) is 0 Å². The molecule has 1 atom stereocenters. The van der Waals surface area contributed by atoms with Gasteiger partial charge in [-0.25, -0.2) is 0 Å². The van der Waals surface area contributed by atoms with Gasteiger partial charge in [-0.2, -0.15) is 0 Å². The molecule has 39 heavy (non-hydrogen) atoms. The third-order valence-electron chi connectivity index (χ3n) is 6.88. The van der Waals surface area contributed by atoms with Crippen LogP contribution < -0.4 is 14.2 Å². The van der Waals surface area contributed by atoms with Crippen molar-refractivity contribution in [2.45, 2.75) is 38.6 Å². The number of carbonyl (C=O) groups excluding carboxylic acids is 2. The van der Waals surface area contributed by atoms with Crippen molar-refractivity contribution < 1.29 is 28.9 Å². The summed E-state index contributed by atoms with van der Waals surface area (Å²) in [6, 6.07) is 21.2. The lowest BCUT2D eigenvalue weighted by Crippen LogP contribution is -2.31. The van der Waals surface area contributed by atoms with Crippen LogP contribution in [0, 0.1) is 0 Å². The number of unbranched alkanes of at least 4 members (excludes halogenated alkanes) is 2. The summed E-state index contributed by atoms with van der Waals surface area (Å²) in [5.41, 5.74) is 2.10. The molecule has 1 fully saturated rings. The van der Waals surface area contributed by atoms with Gasteiger partial charge in [-0.1, -0.05) is 68.3 Å². The molecule has 1 heterocycles. The first-order valence-electron chi connectivity index (χ1n) is 13.3. The van der Waals surface area contributed by atoms with Gasteiger partial charge >= 0.3 is 0 Å². The zero-order valence-corrected chi connectivity index (χ0v) is 22.7. The van der Waals surface area contributed by atoms with E-state index in [0.717, 1.165) is 24.8 Å². The van der Waals surface area contributed by atoms with Crippen LogP contribution in [0.25, 0.3) is 5.76 Å². The molecule has 0 bridgehead atoms. The molecule has 1 aliphatic heterocycles. The fourth-order valence-electron chi connectivity index (χ4n) is 4.78. The number of Topliss-reactive ketones (excluding diaryl/α,β-unsaturated/α-hetero) is 1. The van der Waals surface area contributed by atoms with Gasteiger partial charge in [-0.3, -0.25) is 9.59 Å². The Morgan fingerprint density at radius 3 is 2.41 bits per heavy atom. The molecule has 0 radical (unpaired) electrons. The van der Waals surface area contributed by atoms with Crippen molar-refractivity contribution in [3.63, 3.8) is 0 Å². The van der Waals surface area contributed by atoms with Gasteiger partial charge in [0.1, 0.15) is 11.5 Å². The molecule has 3 aromatic rings. The van der Waals surface area contributed by atoms with Gasteiger partial charge in [-0.05, 0) is 48.2 Å². The Kier molecular flexibility index (Phi) is 9.26. The number of ether oxygens (including phenoxy) is 3. The number of rotatable bonds is 12. The van der Waals surface area contributed by atoms with Crippen molar-refractivity contribution in [1.29, 1.82) is 0 Å². The Balaban J connectivity index is 1.76. The van der Waals surface area contributed by atoms with Crippen molar-refractivity contribution in [2.75, 3.05) is 27.4 Å². The summed E-state index contributed by atoms with van der Waals surface area (Å²) in [4.78, 5) is 28.3. The molecule has 1 unspecified atom stereocenters. The Labute approximate surface area is 229 Å². The lowest BCUT2D eigenvalue weighted by atomic mass is 9.94. The van der Waals surface area contributed by atoms with E-state index in [1.807, 2.05) is 36.4 Å². The number of amides is 1. The molecular weight excluding hydrogens is 494 g/mol. The van der Waals surface area contributed by atoms with Crippen molar-refractivity contribution in [3.05, 3.63) is 95.1 Å². The van der Waals surface area contributed by atoms with Crippen molar-refractivity contribution >= 4 is 17.4 Å². The summed E-state index contributed by atoms with van der Waals surface area (Å²) in [5, 5.41) is 11.4. The Hall–Kier alpha value is -4.26. The molecule has 7 nitrogen and oxygen atoms in total. The minimum Gasteiger partial charge on any atom is -0.507 e. The van der Waals surface area contributed by atoms with Crippen LogP contribution in [0.4, 0.5) is 0 Å². The molecular formula is C32H35NO6. The molecule has 204 valence electrons. The molecule has 4 rings (SSSR count). The number of nitrogens with zero attached hydrogens (tertiary/aromatic N) is 1. The predicted octanol–water partition coefficient (Wildman–Crippen LogP) is 5.94. The predicted molar refractivity (Wildman–Crippen MR) is 150 cm³/mol. The third-order valence-corrected chi connectivity index (χ3v) is 6.88. The maximum absolute atomic E-state index is 13.4. The number of aliphatic hydroxyl groups is 1.